The molecule has 238 valence electrons. The van der Waals surface area contributed by atoms with Gasteiger partial charge in [0.2, 0.25) is 0 Å². The summed E-state index contributed by atoms with van der Waals surface area (Å²) in [5.41, 5.74) is 5.43. The zero-order valence-corrected chi connectivity index (χ0v) is 26.0. The van der Waals surface area contributed by atoms with Crippen LogP contribution in [0.4, 0.5) is 4.79 Å². The molecule has 1 aliphatic rings. The third kappa shape index (κ3) is 8.58. The number of nitrogens with one attached hydrogen (secondary N) is 3. The summed E-state index contributed by atoms with van der Waals surface area (Å²) in [6.45, 7) is 3.90. The van der Waals surface area contributed by atoms with Gasteiger partial charge >= 0.3 is 12.0 Å². The van der Waals surface area contributed by atoms with Crippen molar-refractivity contribution in [2.45, 2.75) is 32.7 Å². The summed E-state index contributed by atoms with van der Waals surface area (Å²) in [5.74, 6) is 0.966. The summed E-state index contributed by atoms with van der Waals surface area (Å²) >= 11 is 6.47. The SMILES string of the molecule is CCOc1cc([C@@H]2NC(=O)NC(C)=C2C(=O)OC)ccc1OC[C@@H](O)N/N=C\c1cc(Cl)c(OCc2ccccc2)c(OC)c1. The quantitative estimate of drug-likeness (QED) is 0.0870. The van der Waals surface area contributed by atoms with E-state index < -0.39 is 24.3 Å². The summed E-state index contributed by atoms with van der Waals surface area (Å²) < 4.78 is 27.8. The van der Waals surface area contributed by atoms with E-state index in [1.165, 1.54) is 20.4 Å². The van der Waals surface area contributed by atoms with Crippen molar-refractivity contribution in [2.24, 2.45) is 5.10 Å². The molecule has 0 saturated carbocycles. The number of nitrogens with zero attached hydrogens (tertiary/aromatic N) is 1. The normalized spacial score (nSPS) is 15.2. The topological polar surface area (TPSA) is 149 Å². The number of aliphatic hydroxyl groups excluding tert-OH is 1. The number of aliphatic hydroxyl groups is 1. The van der Waals surface area contributed by atoms with Crippen molar-refractivity contribution >= 4 is 29.8 Å². The molecule has 45 heavy (non-hydrogen) atoms. The first-order valence-corrected chi connectivity index (χ1v) is 14.4. The Morgan fingerprint density at radius 2 is 1.84 bits per heavy atom. The Kier molecular flexibility index (Phi) is 11.5. The number of rotatable bonds is 14. The fourth-order valence-electron chi connectivity index (χ4n) is 4.50. The minimum Gasteiger partial charge on any atom is -0.493 e. The third-order valence-corrected chi connectivity index (χ3v) is 6.87. The Labute approximate surface area is 265 Å². The van der Waals surface area contributed by atoms with Crippen LogP contribution in [0.25, 0.3) is 0 Å². The molecule has 3 aromatic rings. The fourth-order valence-corrected chi connectivity index (χ4v) is 4.78. The predicted molar refractivity (Wildman–Crippen MR) is 168 cm³/mol. The lowest BCUT2D eigenvalue weighted by Crippen LogP contribution is -2.45. The van der Waals surface area contributed by atoms with Crippen molar-refractivity contribution in [1.82, 2.24) is 16.1 Å². The van der Waals surface area contributed by atoms with E-state index in [9.17, 15) is 14.7 Å². The second-order valence-corrected chi connectivity index (χ2v) is 10.1. The Balaban J connectivity index is 1.39. The molecule has 0 unspecified atom stereocenters. The van der Waals surface area contributed by atoms with E-state index in [4.69, 9.17) is 35.3 Å². The lowest BCUT2D eigenvalue weighted by Gasteiger charge is -2.28. The Morgan fingerprint density at radius 3 is 2.56 bits per heavy atom. The molecule has 0 aliphatic carbocycles. The van der Waals surface area contributed by atoms with Crippen LogP contribution >= 0.6 is 11.6 Å². The number of esters is 1. The molecule has 0 bridgehead atoms. The van der Waals surface area contributed by atoms with Crippen molar-refractivity contribution in [3.8, 4) is 23.0 Å². The smallest absolute Gasteiger partial charge is 0.337 e. The first-order valence-electron chi connectivity index (χ1n) is 14.0. The number of methoxy groups -OCH3 is 2. The Bertz CT molecular complexity index is 1560. The van der Waals surface area contributed by atoms with Crippen LogP contribution in [0.1, 0.15) is 36.6 Å². The van der Waals surface area contributed by atoms with Crippen LogP contribution in [-0.2, 0) is 16.1 Å². The lowest BCUT2D eigenvalue weighted by molar-refractivity contribution is -0.136. The largest absolute Gasteiger partial charge is 0.493 e. The molecule has 12 nitrogen and oxygen atoms in total. The van der Waals surface area contributed by atoms with Gasteiger partial charge in [0.1, 0.15) is 13.2 Å². The van der Waals surface area contributed by atoms with Gasteiger partial charge in [-0.2, -0.15) is 5.10 Å². The Hall–Kier alpha value is -4.94. The van der Waals surface area contributed by atoms with Crippen molar-refractivity contribution in [1.29, 1.82) is 0 Å². The zero-order valence-electron chi connectivity index (χ0n) is 25.3. The molecule has 0 radical (unpaired) electrons. The average molecular weight is 639 g/mol. The summed E-state index contributed by atoms with van der Waals surface area (Å²) in [6.07, 6.45) is 0.294. The van der Waals surface area contributed by atoms with Crippen LogP contribution < -0.4 is 35.0 Å². The Morgan fingerprint density at radius 1 is 1.07 bits per heavy atom. The van der Waals surface area contributed by atoms with Crippen LogP contribution in [0, 0.1) is 0 Å². The molecule has 4 rings (SSSR count). The summed E-state index contributed by atoms with van der Waals surface area (Å²) in [7, 11) is 2.79. The highest BCUT2D eigenvalue weighted by molar-refractivity contribution is 6.32. The molecule has 1 aliphatic heterocycles. The number of hydrogen-bond acceptors (Lipinski definition) is 10. The van der Waals surface area contributed by atoms with Gasteiger partial charge in [0.25, 0.3) is 0 Å². The monoisotopic (exact) mass is 638 g/mol. The van der Waals surface area contributed by atoms with E-state index in [0.717, 1.165) is 5.56 Å². The summed E-state index contributed by atoms with van der Waals surface area (Å²) in [6, 6.07) is 16.8. The standard InChI is InChI=1S/C32H35ClN4O8/c1-5-43-25-15-22(29-28(31(39)42-4)19(2)35-32(40)36-29)11-12-24(25)44-18-27(38)37-34-16-21-13-23(33)30(26(14-21)41-3)45-17-20-9-7-6-8-10-20/h6-16,27,29,37-38H,5,17-18H2,1-4H3,(H2,35,36,40)/b34-16-/t27-,29+/m1/s1. The second-order valence-electron chi connectivity index (χ2n) is 9.72. The molecule has 13 heteroatoms. The zero-order chi connectivity index (χ0) is 32.3. The molecule has 2 atom stereocenters. The van der Waals surface area contributed by atoms with Crippen LogP contribution in [0.3, 0.4) is 0 Å². The number of hydrazone groups is 1. The summed E-state index contributed by atoms with van der Waals surface area (Å²) in [4.78, 5) is 24.6. The van der Waals surface area contributed by atoms with Crippen LogP contribution in [0.5, 0.6) is 23.0 Å². The van der Waals surface area contributed by atoms with E-state index in [2.05, 4.69) is 21.2 Å². The molecular weight excluding hydrogens is 604 g/mol. The first kappa shape index (κ1) is 33.0. The van der Waals surface area contributed by atoms with Gasteiger partial charge in [-0.15, -0.1) is 0 Å². The maximum atomic E-state index is 12.4. The number of carbonyl (C=O) groups excluding carboxylic acids is 2. The van der Waals surface area contributed by atoms with E-state index in [0.29, 0.717) is 58.1 Å². The van der Waals surface area contributed by atoms with Crippen molar-refractivity contribution in [3.63, 3.8) is 0 Å². The number of ether oxygens (including phenoxy) is 5. The number of urea groups is 1. The van der Waals surface area contributed by atoms with Gasteiger partial charge in [-0.25, -0.2) is 9.59 Å². The molecule has 2 amide bonds. The molecule has 0 saturated heterocycles. The van der Waals surface area contributed by atoms with Crippen LogP contribution in [-0.4, -0.2) is 57.0 Å². The second kappa shape index (κ2) is 15.7. The van der Waals surface area contributed by atoms with Gasteiger partial charge in [0, 0.05) is 5.70 Å². The van der Waals surface area contributed by atoms with E-state index in [1.807, 2.05) is 30.3 Å². The van der Waals surface area contributed by atoms with E-state index >= 15 is 0 Å². The first-order chi connectivity index (χ1) is 21.7. The molecule has 0 spiro atoms. The van der Waals surface area contributed by atoms with Crippen molar-refractivity contribution in [2.75, 3.05) is 27.4 Å². The molecular formula is C32H35ClN4O8. The number of hydrogen-bond donors (Lipinski definition) is 4. The van der Waals surface area contributed by atoms with Gasteiger partial charge in [-0.05, 0) is 54.8 Å². The number of benzene rings is 3. The molecule has 0 fully saturated rings. The number of halogens is 1. The predicted octanol–water partition coefficient (Wildman–Crippen LogP) is 4.45. The maximum absolute atomic E-state index is 12.4. The molecule has 4 N–H and O–H groups in total. The highest BCUT2D eigenvalue weighted by atomic mass is 35.5. The van der Waals surface area contributed by atoms with Gasteiger partial charge in [0.15, 0.2) is 29.2 Å². The lowest BCUT2D eigenvalue weighted by atomic mass is 9.95. The fraction of sp³-hybridized carbons (Fsp3) is 0.281. The van der Waals surface area contributed by atoms with E-state index in [-0.39, 0.29) is 12.2 Å². The number of allylic oxidation sites excluding steroid dienone is 1. The van der Waals surface area contributed by atoms with Crippen molar-refractivity contribution in [3.05, 3.63) is 93.6 Å². The number of carbonyl (C=O) groups is 2. The average Bonchev–Trinajstić information content (AvgIpc) is 3.03. The van der Waals surface area contributed by atoms with Gasteiger partial charge in [-0.1, -0.05) is 48.0 Å². The minimum absolute atomic E-state index is 0.177. The van der Waals surface area contributed by atoms with Crippen LogP contribution in [0.2, 0.25) is 5.02 Å². The number of amides is 2. The molecule has 3 aromatic carbocycles. The third-order valence-electron chi connectivity index (χ3n) is 6.59. The van der Waals surface area contributed by atoms with Gasteiger partial charge in [-0.3, -0.25) is 5.43 Å². The van der Waals surface area contributed by atoms with Gasteiger partial charge < -0.3 is 39.4 Å². The maximum Gasteiger partial charge on any atom is 0.337 e. The van der Waals surface area contributed by atoms with Crippen LogP contribution in [0.15, 0.2) is 77.0 Å². The molecule has 0 aromatic heterocycles. The van der Waals surface area contributed by atoms with Crippen molar-refractivity contribution < 1.29 is 38.4 Å². The minimum atomic E-state index is -1.18. The van der Waals surface area contributed by atoms with E-state index in [1.54, 1.807) is 44.2 Å². The highest BCUT2D eigenvalue weighted by Crippen LogP contribution is 2.37. The molecule has 1 heterocycles. The highest BCUT2D eigenvalue weighted by Gasteiger charge is 2.32. The summed E-state index contributed by atoms with van der Waals surface area (Å²) in [5, 5.41) is 20.2. The van der Waals surface area contributed by atoms with Gasteiger partial charge in [0.05, 0.1) is 43.7 Å².